The third-order valence-corrected chi connectivity index (χ3v) is 2.88. The van der Waals surface area contributed by atoms with Gasteiger partial charge < -0.3 is 4.74 Å². The number of methoxy groups -OCH3 is 1. The van der Waals surface area contributed by atoms with Crippen LogP contribution in [0.2, 0.25) is 5.02 Å². The lowest BCUT2D eigenvalue weighted by atomic mass is 10.2. The van der Waals surface area contributed by atoms with Gasteiger partial charge in [-0.3, -0.25) is 25.4 Å². The maximum Gasteiger partial charge on any atom is 0.273 e. The number of nitrogens with zero attached hydrogens (tertiary/aromatic N) is 1. The summed E-state index contributed by atoms with van der Waals surface area (Å²) in [6.07, 6.45) is 2.97. The van der Waals surface area contributed by atoms with E-state index in [0.717, 1.165) is 0 Å². The van der Waals surface area contributed by atoms with Gasteiger partial charge in [-0.2, -0.15) is 0 Å². The third-order valence-electron chi connectivity index (χ3n) is 2.64. The van der Waals surface area contributed by atoms with Gasteiger partial charge in [-0.15, -0.1) is 0 Å². The van der Waals surface area contributed by atoms with Crippen LogP contribution in [0.5, 0.6) is 5.75 Å². The maximum absolute atomic E-state index is 12.0. The smallest absolute Gasteiger partial charge is 0.273 e. The van der Waals surface area contributed by atoms with Gasteiger partial charge >= 0.3 is 0 Å². The molecule has 2 amide bonds. The van der Waals surface area contributed by atoms with E-state index in [4.69, 9.17) is 16.3 Å². The SMILES string of the molecule is COc1cc(Cl)ccc1C(=O)NNC(=O)c1ccncc1. The second-order valence-corrected chi connectivity index (χ2v) is 4.43. The average molecular weight is 306 g/mol. The van der Waals surface area contributed by atoms with E-state index in [2.05, 4.69) is 15.8 Å². The van der Waals surface area contributed by atoms with Crippen LogP contribution in [0.3, 0.4) is 0 Å². The lowest BCUT2D eigenvalue weighted by molar-refractivity contribution is 0.0845. The first-order valence-electron chi connectivity index (χ1n) is 5.96. The van der Waals surface area contributed by atoms with Crippen LogP contribution in [0.25, 0.3) is 0 Å². The minimum absolute atomic E-state index is 0.261. The molecule has 1 aromatic carbocycles. The molecule has 7 heteroatoms. The fourth-order valence-electron chi connectivity index (χ4n) is 1.61. The van der Waals surface area contributed by atoms with Crippen LogP contribution in [0.4, 0.5) is 0 Å². The number of rotatable bonds is 3. The topological polar surface area (TPSA) is 80.3 Å². The Morgan fingerprint density at radius 1 is 1.10 bits per heavy atom. The average Bonchev–Trinajstić information content (AvgIpc) is 2.52. The molecule has 0 bridgehead atoms. The molecule has 0 spiro atoms. The quantitative estimate of drug-likeness (QED) is 0.848. The molecule has 0 unspecified atom stereocenters. The van der Waals surface area contributed by atoms with E-state index in [1.54, 1.807) is 6.07 Å². The number of hydrazine groups is 1. The Morgan fingerprint density at radius 2 is 1.76 bits per heavy atom. The fourth-order valence-corrected chi connectivity index (χ4v) is 1.77. The molecule has 0 radical (unpaired) electrons. The zero-order valence-corrected chi connectivity index (χ0v) is 11.8. The number of halogens is 1. The maximum atomic E-state index is 12.0. The van der Waals surface area contributed by atoms with Gasteiger partial charge in [-0.25, -0.2) is 0 Å². The number of carbonyl (C=O) groups is 2. The Labute approximate surface area is 126 Å². The number of ether oxygens (including phenoxy) is 1. The minimum atomic E-state index is -0.508. The molecule has 2 N–H and O–H groups in total. The van der Waals surface area contributed by atoms with Gasteiger partial charge in [-0.1, -0.05) is 11.6 Å². The second-order valence-electron chi connectivity index (χ2n) is 3.99. The minimum Gasteiger partial charge on any atom is -0.496 e. The van der Waals surface area contributed by atoms with E-state index in [1.165, 1.54) is 43.8 Å². The van der Waals surface area contributed by atoms with Crippen molar-refractivity contribution in [3.63, 3.8) is 0 Å². The zero-order valence-electron chi connectivity index (χ0n) is 11.1. The molecule has 0 aliphatic heterocycles. The molecule has 1 heterocycles. The van der Waals surface area contributed by atoms with Crippen LogP contribution in [0.1, 0.15) is 20.7 Å². The molecule has 0 saturated carbocycles. The molecule has 108 valence electrons. The largest absolute Gasteiger partial charge is 0.496 e. The Kier molecular flexibility index (Phi) is 4.73. The third kappa shape index (κ3) is 3.70. The van der Waals surface area contributed by atoms with Crippen molar-refractivity contribution in [2.75, 3.05) is 7.11 Å². The number of carbonyl (C=O) groups excluding carboxylic acids is 2. The Bertz CT molecular complexity index is 662. The van der Waals surface area contributed by atoms with E-state index in [9.17, 15) is 9.59 Å². The van der Waals surface area contributed by atoms with Gasteiger partial charge in [0.25, 0.3) is 11.8 Å². The monoisotopic (exact) mass is 305 g/mol. The highest BCUT2D eigenvalue weighted by Gasteiger charge is 2.13. The van der Waals surface area contributed by atoms with Crippen molar-refractivity contribution in [3.8, 4) is 5.75 Å². The summed E-state index contributed by atoms with van der Waals surface area (Å²) in [7, 11) is 1.43. The van der Waals surface area contributed by atoms with Crippen molar-refractivity contribution in [2.24, 2.45) is 0 Å². The molecule has 2 rings (SSSR count). The van der Waals surface area contributed by atoms with Crippen molar-refractivity contribution >= 4 is 23.4 Å². The Hall–Kier alpha value is -2.60. The van der Waals surface area contributed by atoms with E-state index >= 15 is 0 Å². The zero-order chi connectivity index (χ0) is 15.2. The summed E-state index contributed by atoms with van der Waals surface area (Å²) in [4.78, 5) is 27.6. The number of amides is 2. The lowest BCUT2D eigenvalue weighted by Gasteiger charge is -2.10. The fraction of sp³-hybridized carbons (Fsp3) is 0.0714. The molecule has 21 heavy (non-hydrogen) atoms. The van der Waals surface area contributed by atoms with Crippen LogP contribution in [-0.4, -0.2) is 23.9 Å². The molecular weight excluding hydrogens is 294 g/mol. The van der Waals surface area contributed by atoms with Gasteiger partial charge in [-0.05, 0) is 30.3 Å². The molecule has 2 aromatic rings. The summed E-state index contributed by atoms with van der Waals surface area (Å²) in [6.45, 7) is 0. The molecule has 0 fully saturated rings. The normalized spacial score (nSPS) is 9.81. The van der Waals surface area contributed by atoms with Crippen molar-refractivity contribution in [3.05, 3.63) is 58.9 Å². The highest BCUT2D eigenvalue weighted by molar-refractivity contribution is 6.30. The number of hydrogen-bond donors (Lipinski definition) is 2. The van der Waals surface area contributed by atoms with Crippen molar-refractivity contribution in [1.29, 1.82) is 0 Å². The number of benzene rings is 1. The van der Waals surface area contributed by atoms with Gasteiger partial charge in [0.05, 0.1) is 12.7 Å². The number of hydrogen-bond acceptors (Lipinski definition) is 4. The first kappa shape index (κ1) is 14.8. The highest BCUT2D eigenvalue weighted by atomic mass is 35.5. The van der Waals surface area contributed by atoms with Crippen molar-refractivity contribution in [1.82, 2.24) is 15.8 Å². The van der Waals surface area contributed by atoms with Crippen LogP contribution >= 0.6 is 11.6 Å². The Morgan fingerprint density at radius 3 is 2.43 bits per heavy atom. The van der Waals surface area contributed by atoms with Crippen LogP contribution in [-0.2, 0) is 0 Å². The van der Waals surface area contributed by atoms with Gasteiger partial charge in [0.1, 0.15) is 5.75 Å². The van der Waals surface area contributed by atoms with Gasteiger partial charge in [0.15, 0.2) is 0 Å². The number of aromatic nitrogens is 1. The van der Waals surface area contributed by atoms with Crippen molar-refractivity contribution in [2.45, 2.75) is 0 Å². The first-order chi connectivity index (χ1) is 10.1. The molecular formula is C14H12ClN3O3. The predicted octanol–water partition coefficient (Wildman–Crippen LogP) is 1.82. The summed E-state index contributed by atoms with van der Waals surface area (Å²) < 4.78 is 5.07. The van der Waals surface area contributed by atoms with Gasteiger partial charge in [0.2, 0.25) is 0 Å². The highest BCUT2D eigenvalue weighted by Crippen LogP contribution is 2.22. The molecule has 0 aliphatic carbocycles. The number of pyridine rings is 1. The van der Waals surface area contributed by atoms with E-state index in [1.807, 2.05) is 0 Å². The van der Waals surface area contributed by atoms with E-state index in [0.29, 0.717) is 16.3 Å². The van der Waals surface area contributed by atoms with E-state index in [-0.39, 0.29) is 5.56 Å². The summed E-state index contributed by atoms with van der Waals surface area (Å²) in [6, 6.07) is 7.65. The van der Waals surface area contributed by atoms with Gasteiger partial charge in [0, 0.05) is 23.0 Å². The number of nitrogens with one attached hydrogen (secondary N) is 2. The second kappa shape index (κ2) is 6.71. The molecule has 1 aromatic heterocycles. The summed E-state index contributed by atoms with van der Waals surface area (Å²) in [5.74, 6) is -0.636. The van der Waals surface area contributed by atoms with Crippen molar-refractivity contribution < 1.29 is 14.3 Å². The predicted molar refractivity (Wildman–Crippen MR) is 77.2 cm³/mol. The summed E-state index contributed by atoms with van der Waals surface area (Å²) >= 11 is 5.82. The van der Waals surface area contributed by atoms with Crippen LogP contribution < -0.4 is 15.6 Å². The molecule has 0 atom stereocenters. The first-order valence-corrected chi connectivity index (χ1v) is 6.34. The van der Waals surface area contributed by atoms with E-state index < -0.39 is 11.8 Å². The molecule has 6 nitrogen and oxygen atoms in total. The lowest BCUT2D eigenvalue weighted by Crippen LogP contribution is -2.41. The summed E-state index contributed by atoms with van der Waals surface area (Å²) in [5, 5.41) is 0.448. The Balaban J connectivity index is 2.04. The van der Waals surface area contributed by atoms with Crippen LogP contribution in [0, 0.1) is 0 Å². The summed E-state index contributed by atoms with van der Waals surface area (Å²) in [5.41, 5.74) is 5.26. The molecule has 0 aliphatic rings. The molecule has 0 saturated heterocycles. The van der Waals surface area contributed by atoms with Crippen LogP contribution in [0.15, 0.2) is 42.7 Å². The standard InChI is InChI=1S/C14H12ClN3O3/c1-21-12-8-10(15)2-3-11(12)14(20)18-17-13(19)9-4-6-16-7-5-9/h2-8H,1H3,(H,17,19)(H,18,20).